The second-order valence-corrected chi connectivity index (χ2v) is 15.5. The normalized spacial score (nSPS) is 49.0. The van der Waals surface area contributed by atoms with Crippen molar-refractivity contribution in [2.24, 2.45) is 0 Å². The number of hydrogen-bond donors (Lipinski definition) is 17. The van der Waals surface area contributed by atoms with Crippen LogP contribution in [-0.4, -0.2) is 275 Å². The zero-order valence-corrected chi connectivity index (χ0v) is 33.2. The topological polar surface area (TPSA) is 445 Å². The van der Waals surface area contributed by atoms with Gasteiger partial charge in [-0.3, -0.25) is 9.59 Å². The first kappa shape index (κ1) is 51.0. The second kappa shape index (κ2) is 22.0. The Hall–Kier alpha value is -2.02. The molecule has 0 aromatic rings. The molecule has 0 spiro atoms. The molecule has 28 nitrogen and oxygen atoms in total. The molecular formula is C34H58N2O26. The van der Waals surface area contributed by atoms with Crippen molar-refractivity contribution < 1.29 is 129 Å². The third kappa shape index (κ3) is 11.0. The van der Waals surface area contributed by atoms with Crippen molar-refractivity contribution in [1.29, 1.82) is 0 Å². The van der Waals surface area contributed by atoms with Crippen molar-refractivity contribution >= 4 is 11.8 Å². The minimum Gasteiger partial charge on any atom is -0.394 e. The van der Waals surface area contributed by atoms with Crippen LogP contribution in [0.25, 0.3) is 0 Å². The number of rotatable bonds is 15. The van der Waals surface area contributed by atoms with Crippen molar-refractivity contribution in [1.82, 2.24) is 10.6 Å². The zero-order chi connectivity index (χ0) is 45.9. The standard InChI is InChI=1S/C34H58N2O26/c1-8(41)35-15-20(46)27(12(5-39)55-30(15)53)60-31-16(36-9(2)42)21(47)28(13(6-40)58-31)61-34-26(52)29(62-33-25(51)23(49)18(44)11(4-38)57-33)19(45)14(59-34)7-54-32-24(50)22(48)17(43)10(3-37)56-32/h10-34,37-40,43-53H,3-7H2,1-2H3,(H,35,41)(H,36,42)/t10-,11-,12-,13-,14-,15-,16-,17-,18-,19-,20-,21-,22+,23+,24+,25-,26+,27-,28-,29+,30-,31+,32+,33+,34+/m1/s1. The number of carbonyl (C=O) groups excluding carboxylic acids is 2. The zero-order valence-electron chi connectivity index (χ0n) is 33.2. The van der Waals surface area contributed by atoms with Crippen LogP contribution in [0.3, 0.4) is 0 Å². The number of nitrogens with one attached hydrogen (secondary N) is 2. The lowest BCUT2D eigenvalue weighted by atomic mass is 9.94. The highest BCUT2D eigenvalue weighted by molar-refractivity contribution is 5.73. The monoisotopic (exact) mass is 910 g/mol. The highest BCUT2D eigenvalue weighted by Gasteiger charge is 2.56. The van der Waals surface area contributed by atoms with Gasteiger partial charge in [-0.1, -0.05) is 0 Å². The molecule has 360 valence electrons. The van der Waals surface area contributed by atoms with Crippen molar-refractivity contribution in [3.05, 3.63) is 0 Å². The van der Waals surface area contributed by atoms with Gasteiger partial charge in [0.2, 0.25) is 11.8 Å². The van der Waals surface area contributed by atoms with E-state index in [0.717, 1.165) is 13.8 Å². The molecule has 5 fully saturated rings. The Morgan fingerprint density at radius 3 is 1.35 bits per heavy atom. The summed E-state index contributed by atoms with van der Waals surface area (Å²) in [4.78, 5) is 24.2. The third-order valence-corrected chi connectivity index (χ3v) is 11.1. The largest absolute Gasteiger partial charge is 0.394 e. The minimum absolute atomic E-state index is 0.693. The summed E-state index contributed by atoms with van der Waals surface area (Å²) in [5, 5.41) is 163. The number of hydrogen-bond acceptors (Lipinski definition) is 26. The molecule has 5 rings (SSSR count). The van der Waals surface area contributed by atoms with Gasteiger partial charge in [-0.15, -0.1) is 0 Å². The SMILES string of the molecule is CC(=O)N[C@@H]1[C@@H](O)[C@H](O[C@@H]2O[C@H](CO)[C@@H](O[C@@H]3O[C@H](CO[C@H]4O[C@H](CO)[C@@H](O)[C@H](O)[C@@H]4O)[C@@H](O)[C@H](O[C@@H]4O[C@H](CO)[C@@H](O)[C@H](O)[C@H]4O)[C@@H]3O)[C@H](O)[C@H]2NC(C)=O)[C@@H](CO)O[C@H]1O. The van der Waals surface area contributed by atoms with E-state index < -0.39 is 198 Å². The van der Waals surface area contributed by atoms with Gasteiger partial charge in [0.25, 0.3) is 0 Å². The minimum atomic E-state index is -2.18. The van der Waals surface area contributed by atoms with Gasteiger partial charge in [-0.05, 0) is 0 Å². The first-order chi connectivity index (χ1) is 29.3. The number of amides is 2. The molecule has 0 aromatic carbocycles. The fraction of sp³-hybridized carbons (Fsp3) is 0.941. The van der Waals surface area contributed by atoms with Crippen LogP contribution in [0.4, 0.5) is 0 Å². The molecule has 0 radical (unpaired) electrons. The van der Waals surface area contributed by atoms with E-state index in [0.29, 0.717) is 0 Å². The van der Waals surface area contributed by atoms with Gasteiger partial charge in [-0.2, -0.15) is 0 Å². The van der Waals surface area contributed by atoms with Crippen LogP contribution >= 0.6 is 0 Å². The van der Waals surface area contributed by atoms with Gasteiger partial charge < -0.3 is 130 Å². The molecule has 5 aliphatic heterocycles. The van der Waals surface area contributed by atoms with E-state index in [1.54, 1.807) is 0 Å². The van der Waals surface area contributed by atoms with E-state index in [1.807, 2.05) is 0 Å². The Morgan fingerprint density at radius 2 is 0.823 bits per heavy atom. The van der Waals surface area contributed by atoms with Gasteiger partial charge in [-0.25, -0.2) is 0 Å². The van der Waals surface area contributed by atoms with E-state index >= 15 is 0 Å². The molecular weight excluding hydrogens is 852 g/mol. The average Bonchev–Trinajstić information content (AvgIpc) is 3.23. The summed E-state index contributed by atoms with van der Waals surface area (Å²) < 4.78 is 50.8. The summed E-state index contributed by atoms with van der Waals surface area (Å²) in [6.07, 6.45) is -42.3. The molecule has 5 aliphatic rings. The molecule has 17 N–H and O–H groups in total. The Kier molecular flexibility index (Phi) is 18.1. The summed E-state index contributed by atoms with van der Waals surface area (Å²) in [5.74, 6) is -1.49. The molecule has 25 atom stereocenters. The van der Waals surface area contributed by atoms with Crippen LogP contribution in [0.1, 0.15) is 13.8 Å². The van der Waals surface area contributed by atoms with Crippen molar-refractivity contribution in [2.75, 3.05) is 33.0 Å². The van der Waals surface area contributed by atoms with Gasteiger partial charge in [0.1, 0.15) is 122 Å². The summed E-state index contributed by atoms with van der Waals surface area (Å²) in [7, 11) is 0. The Balaban J connectivity index is 1.41. The molecule has 28 heteroatoms. The Morgan fingerprint density at radius 1 is 0.419 bits per heavy atom. The number of aliphatic hydroxyl groups excluding tert-OH is 15. The van der Waals surface area contributed by atoms with Crippen molar-refractivity contribution in [3.8, 4) is 0 Å². The molecule has 62 heavy (non-hydrogen) atoms. The molecule has 0 aliphatic carbocycles. The lowest BCUT2D eigenvalue weighted by Crippen LogP contribution is -2.70. The maximum Gasteiger partial charge on any atom is 0.217 e. The molecule has 5 saturated heterocycles. The third-order valence-electron chi connectivity index (χ3n) is 11.1. The highest BCUT2D eigenvalue weighted by Crippen LogP contribution is 2.35. The van der Waals surface area contributed by atoms with Crippen molar-refractivity contribution in [3.63, 3.8) is 0 Å². The lowest BCUT2D eigenvalue weighted by Gasteiger charge is -2.50. The lowest BCUT2D eigenvalue weighted by molar-refractivity contribution is -0.384. The first-order valence-corrected chi connectivity index (χ1v) is 19.6. The number of aliphatic hydroxyl groups is 15. The quantitative estimate of drug-likeness (QED) is 0.0725. The predicted octanol–water partition coefficient (Wildman–Crippen LogP) is -11.6. The summed E-state index contributed by atoms with van der Waals surface area (Å²) >= 11 is 0. The average molecular weight is 911 g/mol. The Bertz CT molecular complexity index is 1440. The molecule has 5 heterocycles. The molecule has 0 saturated carbocycles. The molecule has 0 bridgehead atoms. The van der Waals surface area contributed by atoms with Crippen molar-refractivity contribution in [2.45, 2.75) is 167 Å². The van der Waals surface area contributed by atoms with Gasteiger partial charge in [0.15, 0.2) is 31.5 Å². The number of ether oxygens (including phenoxy) is 9. The van der Waals surface area contributed by atoms with E-state index in [4.69, 9.17) is 42.6 Å². The van der Waals surface area contributed by atoms with Crippen LogP contribution in [0.5, 0.6) is 0 Å². The smallest absolute Gasteiger partial charge is 0.217 e. The van der Waals surface area contributed by atoms with Crippen LogP contribution in [0.2, 0.25) is 0 Å². The first-order valence-electron chi connectivity index (χ1n) is 19.6. The maximum atomic E-state index is 12.4. The molecule has 0 unspecified atom stereocenters. The Labute approximate surface area is 351 Å². The predicted molar refractivity (Wildman–Crippen MR) is 190 cm³/mol. The fourth-order valence-corrected chi connectivity index (χ4v) is 7.73. The highest BCUT2D eigenvalue weighted by atomic mass is 16.8. The van der Waals surface area contributed by atoms with E-state index in [1.165, 1.54) is 0 Å². The fourth-order valence-electron chi connectivity index (χ4n) is 7.73. The maximum absolute atomic E-state index is 12.4. The summed E-state index contributed by atoms with van der Waals surface area (Å²) in [6, 6.07) is -3.19. The summed E-state index contributed by atoms with van der Waals surface area (Å²) in [5.41, 5.74) is 0. The van der Waals surface area contributed by atoms with Crippen LogP contribution in [0.15, 0.2) is 0 Å². The molecule has 0 aromatic heterocycles. The second-order valence-electron chi connectivity index (χ2n) is 15.5. The summed E-state index contributed by atoms with van der Waals surface area (Å²) in [6.45, 7) is -2.31. The van der Waals surface area contributed by atoms with E-state index in [2.05, 4.69) is 10.6 Å². The van der Waals surface area contributed by atoms with Gasteiger partial charge in [0, 0.05) is 13.8 Å². The molecule has 2 amide bonds. The number of carbonyl (C=O) groups is 2. The van der Waals surface area contributed by atoms with E-state index in [9.17, 15) is 86.2 Å². The van der Waals surface area contributed by atoms with Gasteiger partial charge in [0.05, 0.1) is 33.0 Å². The van der Waals surface area contributed by atoms with Gasteiger partial charge >= 0.3 is 0 Å². The van der Waals surface area contributed by atoms with Crippen LogP contribution in [-0.2, 0) is 52.2 Å². The van der Waals surface area contributed by atoms with E-state index in [-0.39, 0.29) is 0 Å². The van der Waals surface area contributed by atoms with Crippen LogP contribution < -0.4 is 10.6 Å². The van der Waals surface area contributed by atoms with Crippen LogP contribution in [0, 0.1) is 0 Å².